The van der Waals surface area contributed by atoms with Crippen LogP contribution < -0.4 is 15.8 Å². The Bertz CT molecular complexity index is 701. The maximum atomic E-state index is 12.4. The van der Waals surface area contributed by atoms with Crippen molar-refractivity contribution in [1.82, 2.24) is 10.2 Å². The van der Waals surface area contributed by atoms with E-state index in [2.05, 4.69) is 5.32 Å². The van der Waals surface area contributed by atoms with E-state index in [-0.39, 0.29) is 19.1 Å². The van der Waals surface area contributed by atoms with Gasteiger partial charge in [-0.1, -0.05) is 30.3 Å². The molecule has 0 spiro atoms. The van der Waals surface area contributed by atoms with Gasteiger partial charge in [-0.15, -0.1) is 0 Å². The van der Waals surface area contributed by atoms with Crippen molar-refractivity contribution in [3.05, 3.63) is 60.2 Å². The molecule has 0 aromatic heterocycles. The first-order valence-corrected chi connectivity index (χ1v) is 7.30. The minimum absolute atomic E-state index is 0.193. The molecule has 118 valence electrons. The number of imide groups is 1. The third-order valence-electron chi connectivity index (χ3n) is 3.62. The van der Waals surface area contributed by atoms with Crippen LogP contribution in [0.2, 0.25) is 0 Å². The van der Waals surface area contributed by atoms with E-state index in [0.29, 0.717) is 11.4 Å². The zero-order chi connectivity index (χ0) is 16.2. The van der Waals surface area contributed by atoms with Crippen LogP contribution in [0, 0.1) is 0 Å². The van der Waals surface area contributed by atoms with Gasteiger partial charge in [-0.25, -0.2) is 4.79 Å². The average Bonchev–Trinajstić information content (AvgIpc) is 2.85. The largest absolute Gasteiger partial charge is 0.492 e. The Hall–Kier alpha value is -3.02. The van der Waals surface area contributed by atoms with Gasteiger partial charge in [0.1, 0.15) is 18.4 Å². The lowest BCUT2D eigenvalue weighted by Gasteiger charge is -2.14. The molecular weight excluding hydrogens is 294 g/mol. The summed E-state index contributed by atoms with van der Waals surface area (Å²) < 4.78 is 5.53. The zero-order valence-corrected chi connectivity index (χ0v) is 12.4. The summed E-state index contributed by atoms with van der Waals surface area (Å²) in [5, 5.41) is 2.69. The number of anilines is 1. The molecule has 3 amide bonds. The van der Waals surface area contributed by atoms with Crippen molar-refractivity contribution in [3.8, 4) is 5.75 Å². The molecule has 23 heavy (non-hydrogen) atoms. The van der Waals surface area contributed by atoms with Crippen molar-refractivity contribution in [2.24, 2.45) is 0 Å². The van der Waals surface area contributed by atoms with Gasteiger partial charge in [0.15, 0.2) is 0 Å². The Kier molecular flexibility index (Phi) is 4.14. The molecule has 6 nitrogen and oxygen atoms in total. The van der Waals surface area contributed by atoms with E-state index in [4.69, 9.17) is 10.5 Å². The lowest BCUT2D eigenvalue weighted by atomic mass is 10.1. The summed E-state index contributed by atoms with van der Waals surface area (Å²) in [7, 11) is 0. The lowest BCUT2D eigenvalue weighted by molar-refractivity contribution is -0.127. The van der Waals surface area contributed by atoms with E-state index in [1.165, 1.54) is 4.90 Å². The number of nitrogen functional groups attached to an aromatic ring is 1. The number of nitrogens with one attached hydrogen (secondary N) is 1. The number of benzene rings is 2. The van der Waals surface area contributed by atoms with Gasteiger partial charge >= 0.3 is 6.03 Å². The molecule has 2 aromatic rings. The van der Waals surface area contributed by atoms with Crippen molar-refractivity contribution in [2.75, 3.05) is 18.9 Å². The number of nitrogens with zero attached hydrogens (tertiary/aromatic N) is 1. The van der Waals surface area contributed by atoms with E-state index in [1.54, 1.807) is 24.3 Å². The summed E-state index contributed by atoms with van der Waals surface area (Å²) in [5.74, 6) is 0.382. The molecule has 1 heterocycles. The Morgan fingerprint density at radius 1 is 1.04 bits per heavy atom. The standard InChI is InChI=1S/C17H17N3O3/c18-13-6-8-14(9-7-13)23-11-10-20-16(21)15(19-17(20)22)12-4-2-1-3-5-12/h1-9,15H,10-11,18H2,(H,19,22). The van der Waals surface area contributed by atoms with E-state index >= 15 is 0 Å². The first kappa shape index (κ1) is 14.9. The predicted octanol–water partition coefficient (Wildman–Crippen LogP) is 1.94. The van der Waals surface area contributed by atoms with E-state index in [1.807, 2.05) is 30.3 Å². The van der Waals surface area contributed by atoms with Crippen LogP contribution in [0.4, 0.5) is 10.5 Å². The van der Waals surface area contributed by atoms with Crippen molar-refractivity contribution in [3.63, 3.8) is 0 Å². The monoisotopic (exact) mass is 311 g/mol. The van der Waals surface area contributed by atoms with Crippen molar-refractivity contribution in [1.29, 1.82) is 0 Å². The molecule has 0 saturated carbocycles. The third kappa shape index (κ3) is 3.26. The average molecular weight is 311 g/mol. The minimum atomic E-state index is -0.625. The normalized spacial score (nSPS) is 17.2. The summed E-state index contributed by atoms with van der Waals surface area (Å²) in [6.07, 6.45) is 0. The molecule has 3 N–H and O–H groups in total. The quantitative estimate of drug-likeness (QED) is 0.653. The van der Waals surface area contributed by atoms with Gasteiger partial charge < -0.3 is 15.8 Å². The van der Waals surface area contributed by atoms with Gasteiger partial charge in [0.25, 0.3) is 5.91 Å². The molecule has 1 saturated heterocycles. The number of carbonyl (C=O) groups is 2. The van der Waals surface area contributed by atoms with Gasteiger partial charge in [0.2, 0.25) is 0 Å². The third-order valence-corrected chi connectivity index (χ3v) is 3.62. The van der Waals surface area contributed by atoms with Crippen molar-refractivity contribution >= 4 is 17.6 Å². The molecular formula is C17H17N3O3. The Morgan fingerprint density at radius 2 is 1.74 bits per heavy atom. The number of nitrogens with two attached hydrogens (primary N) is 1. The number of ether oxygens (including phenoxy) is 1. The van der Waals surface area contributed by atoms with Gasteiger partial charge in [-0.3, -0.25) is 9.69 Å². The molecule has 0 radical (unpaired) electrons. The van der Waals surface area contributed by atoms with Crippen LogP contribution in [-0.4, -0.2) is 30.0 Å². The van der Waals surface area contributed by atoms with Crippen LogP contribution in [0.3, 0.4) is 0 Å². The van der Waals surface area contributed by atoms with E-state index in [0.717, 1.165) is 5.56 Å². The Labute approximate surface area is 133 Å². The molecule has 1 unspecified atom stereocenters. The molecule has 1 fully saturated rings. The number of carbonyl (C=O) groups excluding carboxylic acids is 2. The highest BCUT2D eigenvalue weighted by Crippen LogP contribution is 2.21. The first-order chi connectivity index (χ1) is 11.1. The van der Waals surface area contributed by atoms with Gasteiger partial charge in [-0.2, -0.15) is 0 Å². The molecule has 0 aliphatic carbocycles. The summed E-state index contributed by atoms with van der Waals surface area (Å²) in [4.78, 5) is 25.5. The smallest absolute Gasteiger partial charge is 0.325 e. The fourth-order valence-corrected chi connectivity index (χ4v) is 2.42. The van der Waals surface area contributed by atoms with Crippen LogP contribution in [0.5, 0.6) is 5.75 Å². The summed E-state index contributed by atoms with van der Waals surface area (Å²) in [6.45, 7) is 0.420. The summed E-state index contributed by atoms with van der Waals surface area (Å²) >= 11 is 0. The van der Waals surface area contributed by atoms with E-state index in [9.17, 15) is 9.59 Å². The number of hydrogen-bond donors (Lipinski definition) is 2. The summed E-state index contributed by atoms with van der Waals surface area (Å²) in [6, 6.07) is 15.1. The summed E-state index contributed by atoms with van der Waals surface area (Å²) in [5.41, 5.74) is 7.02. The number of urea groups is 1. The van der Waals surface area contributed by atoms with Gasteiger partial charge in [0, 0.05) is 5.69 Å². The highest BCUT2D eigenvalue weighted by Gasteiger charge is 2.38. The molecule has 1 atom stereocenters. The van der Waals surface area contributed by atoms with Crippen LogP contribution in [0.1, 0.15) is 11.6 Å². The van der Waals surface area contributed by atoms with Crippen molar-refractivity contribution < 1.29 is 14.3 Å². The fraction of sp³-hybridized carbons (Fsp3) is 0.176. The maximum absolute atomic E-state index is 12.4. The minimum Gasteiger partial charge on any atom is -0.492 e. The van der Waals surface area contributed by atoms with E-state index < -0.39 is 12.1 Å². The Balaban J connectivity index is 1.59. The second-order valence-electron chi connectivity index (χ2n) is 5.20. The first-order valence-electron chi connectivity index (χ1n) is 7.30. The molecule has 1 aliphatic rings. The molecule has 6 heteroatoms. The SMILES string of the molecule is Nc1ccc(OCCN2C(=O)NC(c3ccccc3)C2=O)cc1. The maximum Gasteiger partial charge on any atom is 0.325 e. The lowest BCUT2D eigenvalue weighted by Crippen LogP contribution is -2.34. The highest BCUT2D eigenvalue weighted by atomic mass is 16.5. The predicted molar refractivity (Wildman–Crippen MR) is 85.8 cm³/mol. The number of amides is 3. The van der Waals surface area contributed by atoms with Gasteiger partial charge in [0.05, 0.1) is 6.54 Å². The zero-order valence-electron chi connectivity index (χ0n) is 12.4. The van der Waals surface area contributed by atoms with Crippen LogP contribution in [0.25, 0.3) is 0 Å². The Morgan fingerprint density at radius 3 is 2.43 bits per heavy atom. The highest BCUT2D eigenvalue weighted by molar-refractivity contribution is 6.04. The number of rotatable bonds is 5. The van der Waals surface area contributed by atoms with Crippen molar-refractivity contribution in [2.45, 2.75) is 6.04 Å². The van der Waals surface area contributed by atoms with Gasteiger partial charge in [-0.05, 0) is 29.8 Å². The van der Waals surface area contributed by atoms with Crippen LogP contribution in [-0.2, 0) is 4.79 Å². The molecule has 3 rings (SSSR count). The second-order valence-corrected chi connectivity index (χ2v) is 5.20. The number of hydrogen-bond acceptors (Lipinski definition) is 4. The molecule has 1 aliphatic heterocycles. The van der Waals surface area contributed by atoms with Crippen LogP contribution >= 0.6 is 0 Å². The molecule has 2 aromatic carbocycles. The molecule has 0 bridgehead atoms. The topological polar surface area (TPSA) is 84.7 Å². The van der Waals surface area contributed by atoms with Crippen LogP contribution in [0.15, 0.2) is 54.6 Å². The fourth-order valence-electron chi connectivity index (χ4n) is 2.42. The second kappa shape index (κ2) is 6.39.